The summed E-state index contributed by atoms with van der Waals surface area (Å²) in [6.45, 7) is 8.93. The fourth-order valence-electron chi connectivity index (χ4n) is 2.74. The van der Waals surface area contributed by atoms with Crippen LogP contribution in [0, 0.1) is 0 Å². The van der Waals surface area contributed by atoms with Crippen LogP contribution in [0.25, 0.3) is 0 Å². The maximum Gasteiger partial charge on any atom is 0.0933 e. The first-order valence-electron chi connectivity index (χ1n) is 7.68. The highest BCUT2D eigenvalue weighted by Gasteiger charge is 2.26. The lowest BCUT2D eigenvalue weighted by Gasteiger charge is -2.36. The molecule has 0 saturated carbocycles. The molecule has 5 nitrogen and oxygen atoms in total. The molecule has 1 N–H and O–H groups in total. The molecule has 1 aliphatic heterocycles. The van der Waals surface area contributed by atoms with E-state index in [1.54, 1.807) is 0 Å². The van der Waals surface area contributed by atoms with Crippen molar-refractivity contribution in [3.8, 4) is 0 Å². The average Bonchev–Trinajstić information content (AvgIpc) is 2.91. The highest BCUT2D eigenvalue weighted by Crippen LogP contribution is 2.17. The molecular formula is C15H27N3O2. The zero-order valence-corrected chi connectivity index (χ0v) is 12.8. The number of rotatable bonds is 6. The number of hydrogen-bond donors (Lipinski definition) is 1. The summed E-state index contributed by atoms with van der Waals surface area (Å²) in [5.74, 6) is 0. The van der Waals surface area contributed by atoms with Crippen LogP contribution < -0.4 is 0 Å². The Morgan fingerprint density at radius 1 is 1.45 bits per heavy atom. The Bertz CT molecular complexity index is 404. The lowest BCUT2D eigenvalue weighted by atomic mass is 10.2. The number of aliphatic hydroxyl groups is 1. The molecule has 2 unspecified atom stereocenters. The minimum absolute atomic E-state index is 0.0627. The molecule has 114 valence electrons. The molecule has 1 aromatic rings. The highest BCUT2D eigenvalue weighted by atomic mass is 16.5. The molecule has 0 spiro atoms. The Kier molecular flexibility index (Phi) is 5.57. The summed E-state index contributed by atoms with van der Waals surface area (Å²) in [5, 5.41) is 13.9. The van der Waals surface area contributed by atoms with Crippen LogP contribution in [0.1, 0.15) is 45.3 Å². The van der Waals surface area contributed by atoms with E-state index in [9.17, 15) is 5.11 Å². The Labute approximate surface area is 121 Å². The van der Waals surface area contributed by atoms with Crippen molar-refractivity contribution in [1.82, 2.24) is 14.7 Å². The molecule has 1 aromatic heterocycles. The molecule has 20 heavy (non-hydrogen) atoms. The van der Waals surface area contributed by atoms with Gasteiger partial charge in [0, 0.05) is 25.3 Å². The first kappa shape index (κ1) is 15.5. The van der Waals surface area contributed by atoms with Gasteiger partial charge in [0.15, 0.2) is 0 Å². The molecule has 0 aliphatic carbocycles. The number of hydrogen-bond acceptors (Lipinski definition) is 4. The van der Waals surface area contributed by atoms with Crippen LogP contribution in [0.15, 0.2) is 12.3 Å². The van der Waals surface area contributed by atoms with Gasteiger partial charge in [-0.15, -0.1) is 0 Å². The van der Waals surface area contributed by atoms with E-state index in [1.807, 2.05) is 0 Å². The van der Waals surface area contributed by atoms with E-state index in [4.69, 9.17) is 9.84 Å². The third-order valence-electron chi connectivity index (χ3n) is 4.18. The zero-order valence-electron chi connectivity index (χ0n) is 12.8. The van der Waals surface area contributed by atoms with Crippen molar-refractivity contribution in [3.05, 3.63) is 18.0 Å². The second-order valence-corrected chi connectivity index (χ2v) is 5.67. The van der Waals surface area contributed by atoms with Crippen molar-refractivity contribution < 1.29 is 9.84 Å². The van der Waals surface area contributed by atoms with Crippen LogP contribution in [0.2, 0.25) is 0 Å². The van der Waals surface area contributed by atoms with E-state index in [0.717, 1.165) is 31.6 Å². The predicted molar refractivity (Wildman–Crippen MR) is 78.5 cm³/mol. The van der Waals surface area contributed by atoms with Crippen molar-refractivity contribution in [2.75, 3.05) is 19.8 Å². The average molecular weight is 281 g/mol. The molecule has 0 amide bonds. The van der Waals surface area contributed by atoms with Crippen LogP contribution in [-0.4, -0.2) is 51.7 Å². The first-order chi connectivity index (χ1) is 9.67. The van der Waals surface area contributed by atoms with E-state index in [1.165, 1.54) is 0 Å². The SMILES string of the molecule is CCC(CC)n1ccc(CN2CC(CO)OCC2C)n1. The molecule has 1 fully saturated rings. The second kappa shape index (κ2) is 7.20. The van der Waals surface area contributed by atoms with Crippen LogP contribution >= 0.6 is 0 Å². The van der Waals surface area contributed by atoms with Crippen molar-refractivity contribution in [2.45, 2.75) is 58.3 Å². The minimum atomic E-state index is -0.0627. The summed E-state index contributed by atoms with van der Waals surface area (Å²) in [4.78, 5) is 2.34. The predicted octanol–water partition coefficient (Wildman–Crippen LogP) is 1.83. The van der Waals surface area contributed by atoms with Gasteiger partial charge in [-0.2, -0.15) is 5.10 Å². The topological polar surface area (TPSA) is 50.5 Å². The summed E-state index contributed by atoms with van der Waals surface area (Å²) in [6, 6.07) is 2.97. The van der Waals surface area contributed by atoms with Gasteiger partial charge in [0.1, 0.15) is 0 Å². The summed E-state index contributed by atoms with van der Waals surface area (Å²) in [6.07, 6.45) is 4.24. The molecule has 2 heterocycles. The van der Waals surface area contributed by atoms with Gasteiger partial charge in [0.2, 0.25) is 0 Å². The molecule has 1 saturated heterocycles. The number of aliphatic hydroxyl groups excluding tert-OH is 1. The molecule has 1 aliphatic rings. The standard InChI is InChI=1S/C15H27N3O2/c1-4-14(5-2)18-7-6-13(16-18)8-17-9-15(10-19)20-11-12(17)3/h6-7,12,14-15,19H,4-5,8-11H2,1-3H3. The van der Waals surface area contributed by atoms with Gasteiger partial charge >= 0.3 is 0 Å². The van der Waals surface area contributed by atoms with E-state index >= 15 is 0 Å². The van der Waals surface area contributed by atoms with Gasteiger partial charge in [0.05, 0.1) is 31.1 Å². The fraction of sp³-hybridized carbons (Fsp3) is 0.800. The van der Waals surface area contributed by atoms with E-state index < -0.39 is 0 Å². The summed E-state index contributed by atoms with van der Waals surface area (Å²) >= 11 is 0. The van der Waals surface area contributed by atoms with Gasteiger partial charge in [-0.3, -0.25) is 9.58 Å². The quantitative estimate of drug-likeness (QED) is 0.864. The molecular weight excluding hydrogens is 254 g/mol. The van der Waals surface area contributed by atoms with Gasteiger partial charge in [-0.25, -0.2) is 0 Å². The van der Waals surface area contributed by atoms with E-state index in [2.05, 4.69) is 42.6 Å². The molecule has 0 radical (unpaired) electrons. The van der Waals surface area contributed by atoms with Crippen molar-refractivity contribution >= 4 is 0 Å². The zero-order chi connectivity index (χ0) is 14.5. The number of aromatic nitrogens is 2. The Morgan fingerprint density at radius 2 is 2.20 bits per heavy atom. The molecule has 0 aromatic carbocycles. The van der Waals surface area contributed by atoms with E-state index in [0.29, 0.717) is 18.7 Å². The normalized spacial score (nSPS) is 24.4. The van der Waals surface area contributed by atoms with Crippen LogP contribution in [-0.2, 0) is 11.3 Å². The molecule has 2 rings (SSSR count). The van der Waals surface area contributed by atoms with Crippen LogP contribution in [0.5, 0.6) is 0 Å². The Morgan fingerprint density at radius 3 is 2.85 bits per heavy atom. The lowest BCUT2D eigenvalue weighted by molar-refractivity contribution is -0.0809. The van der Waals surface area contributed by atoms with Crippen molar-refractivity contribution in [2.24, 2.45) is 0 Å². The fourth-order valence-corrected chi connectivity index (χ4v) is 2.74. The Balaban J connectivity index is 1.98. The molecule has 5 heteroatoms. The third-order valence-corrected chi connectivity index (χ3v) is 4.18. The van der Waals surface area contributed by atoms with Crippen LogP contribution in [0.3, 0.4) is 0 Å². The highest BCUT2D eigenvalue weighted by molar-refractivity contribution is 5.00. The summed E-state index contributed by atoms with van der Waals surface area (Å²) in [5.41, 5.74) is 1.10. The van der Waals surface area contributed by atoms with Crippen molar-refractivity contribution in [1.29, 1.82) is 0 Å². The maximum absolute atomic E-state index is 9.23. The summed E-state index contributed by atoms with van der Waals surface area (Å²) < 4.78 is 7.66. The lowest BCUT2D eigenvalue weighted by Crippen LogP contribution is -2.48. The Hall–Kier alpha value is -0.910. The van der Waals surface area contributed by atoms with Gasteiger partial charge in [-0.1, -0.05) is 13.8 Å². The van der Waals surface area contributed by atoms with Gasteiger partial charge < -0.3 is 9.84 Å². The minimum Gasteiger partial charge on any atom is -0.394 e. The van der Waals surface area contributed by atoms with Crippen LogP contribution in [0.4, 0.5) is 0 Å². The van der Waals surface area contributed by atoms with Gasteiger partial charge in [-0.05, 0) is 25.8 Å². The second-order valence-electron chi connectivity index (χ2n) is 5.67. The number of morpholine rings is 1. The third kappa shape index (κ3) is 3.59. The smallest absolute Gasteiger partial charge is 0.0933 e. The van der Waals surface area contributed by atoms with E-state index in [-0.39, 0.29) is 12.7 Å². The number of ether oxygens (including phenoxy) is 1. The van der Waals surface area contributed by atoms with Crippen molar-refractivity contribution in [3.63, 3.8) is 0 Å². The summed E-state index contributed by atoms with van der Waals surface area (Å²) in [7, 11) is 0. The van der Waals surface area contributed by atoms with Gasteiger partial charge in [0.25, 0.3) is 0 Å². The molecule has 2 atom stereocenters. The first-order valence-corrected chi connectivity index (χ1v) is 7.68. The largest absolute Gasteiger partial charge is 0.394 e. The maximum atomic E-state index is 9.23. The number of nitrogens with zero attached hydrogens (tertiary/aromatic N) is 3. The molecule has 0 bridgehead atoms. The monoisotopic (exact) mass is 281 g/mol.